The van der Waals surface area contributed by atoms with Crippen molar-refractivity contribution in [3.63, 3.8) is 0 Å². The van der Waals surface area contributed by atoms with Crippen molar-refractivity contribution in [3.8, 4) is 0 Å². The molecule has 0 spiro atoms. The number of ether oxygens (including phenoxy) is 1. The first kappa shape index (κ1) is 14.8. The molecule has 1 fully saturated rings. The summed E-state index contributed by atoms with van der Waals surface area (Å²) in [6.45, 7) is 11.4. The van der Waals surface area contributed by atoms with E-state index in [1.807, 2.05) is 34.6 Å². The van der Waals surface area contributed by atoms with E-state index in [0.717, 1.165) is 0 Å². The van der Waals surface area contributed by atoms with Gasteiger partial charge in [-0.1, -0.05) is 20.8 Å². The first-order valence-corrected chi connectivity index (χ1v) is 6.33. The van der Waals surface area contributed by atoms with Gasteiger partial charge in [-0.3, -0.25) is 9.69 Å². The number of carbonyl (C=O) groups excluding carboxylic acids is 2. The molecule has 0 bridgehead atoms. The zero-order chi connectivity index (χ0) is 14.0. The predicted molar refractivity (Wildman–Crippen MR) is 69.2 cm³/mol. The fourth-order valence-corrected chi connectivity index (χ4v) is 1.90. The van der Waals surface area contributed by atoms with Crippen LogP contribution < -0.4 is 5.32 Å². The molecule has 1 aliphatic rings. The largest absolute Gasteiger partial charge is 0.448 e. The number of carbonyl (C=O) groups is 2. The van der Waals surface area contributed by atoms with Crippen LogP contribution in [0.2, 0.25) is 0 Å². The van der Waals surface area contributed by atoms with E-state index < -0.39 is 5.54 Å². The molecule has 1 rings (SSSR count). The standard InChI is InChI=1S/C13H24N2O3/c1-12(2,3)8-10(16)14-9-13(4,5)15-6-7-18-11(15)17/h6-9H2,1-5H3,(H,14,16). The molecule has 0 aliphatic carbocycles. The fourth-order valence-electron chi connectivity index (χ4n) is 1.90. The molecule has 1 heterocycles. The molecule has 2 amide bonds. The minimum absolute atomic E-state index is 0.0168. The summed E-state index contributed by atoms with van der Waals surface area (Å²) in [6.07, 6.45) is 0.179. The summed E-state index contributed by atoms with van der Waals surface area (Å²) in [6, 6.07) is 0. The number of nitrogens with one attached hydrogen (secondary N) is 1. The highest BCUT2D eigenvalue weighted by Crippen LogP contribution is 2.20. The van der Waals surface area contributed by atoms with Gasteiger partial charge in [0.1, 0.15) is 6.61 Å². The van der Waals surface area contributed by atoms with Crippen LogP contribution in [0, 0.1) is 5.41 Å². The molecule has 5 nitrogen and oxygen atoms in total. The Morgan fingerprint density at radius 1 is 1.33 bits per heavy atom. The smallest absolute Gasteiger partial charge is 0.410 e. The second-order valence-electron chi connectivity index (χ2n) is 6.59. The monoisotopic (exact) mass is 256 g/mol. The SMILES string of the molecule is CC(C)(C)CC(=O)NCC(C)(C)N1CCOC1=O. The molecule has 1 aliphatic heterocycles. The van der Waals surface area contributed by atoms with Crippen molar-refractivity contribution < 1.29 is 14.3 Å². The normalized spacial score (nSPS) is 16.7. The van der Waals surface area contributed by atoms with Crippen LogP contribution in [0.25, 0.3) is 0 Å². The maximum Gasteiger partial charge on any atom is 0.410 e. The molecule has 0 radical (unpaired) electrons. The zero-order valence-electron chi connectivity index (χ0n) is 12.0. The number of nitrogens with zero attached hydrogens (tertiary/aromatic N) is 1. The first-order chi connectivity index (χ1) is 8.12. The van der Waals surface area contributed by atoms with Gasteiger partial charge in [0, 0.05) is 13.0 Å². The Morgan fingerprint density at radius 2 is 1.94 bits per heavy atom. The van der Waals surface area contributed by atoms with Crippen LogP contribution >= 0.6 is 0 Å². The van der Waals surface area contributed by atoms with Crippen LogP contribution in [-0.2, 0) is 9.53 Å². The zero-order valence-corrected chi connectivity index (χ0v) is 12.0. The second-order valence-corrected chi connectivity index (χ2v) is 6.59. The third-order valence-corrected chi connectivity index (χ3v) is 2.90. The Kier molecular flexibility index (Phi) is 4.24. The Balaban J connectivity index is 2.46. The minimum Gasteiger partial charge on any atom is -0.448 e. The molecular formula is C13H24N2O3. The maximum absolute atomic E-state index is 11.8. The number of rotatable bonds is 4. The minimum atomic E-state index is -0.416. The van der Waals surface area contributed by atoms with Crippen molar-refractivity contribution >= 4 is 12.0 Å². The van der Waals surface area contributed by atoms with Gasteiger partial charge in [0.05, 0.1) is 12.1 Å². The number of hydrogen-bond donors (Lipinski definition) is 1. The Bertz CT molecular complexity index is 332. The van der Waals surface area contributed by atoms with E-state index in [4.69, 9.17) is 4.74 Å². The summed E-state index contributed by atoms with van der Waals surface area (Å²) < 4.78 is 4.91. The van der Waals surface area contributed by atoms with Crippen LogP contribution in [-0.4, -0.2) is 42.1 Å². The molecule has 5 heteroatoms. The Morgan fingerprint density at radius 3 is 2.39 bits per heavy atom. The van der Waals surface area contributed by atoms with Gasteiger partial charge >= 0.3 is 6.09 Å². The van der Waals surface area contributed by atoms with E-state index in [0.29, 0.717) is 26.1 Å². The van der Waals surface area contributed by atoms with Gasteiger partial charge in [0.25, 0.3) is 0 Å². The van der Waals surface area contributed by atoms with Crippen LogP contribution in [0.3, 0.4) is 0 Å². The van der Waals surface area contributed by atoms with Crippen molar-refractivity contribution in [1.29, 1.82) is 0 Å². The topological polar surface area (TPSA) is 58.6 Å². The van der Waals surface area contributed by atoms with Crippen LogP contribution in [0.5, 0.6) is 0 Å². The molecule has 0 unspecified atom stereocenters. The summed E-state index contributed by atoms with van der Waals surface area (Å²) in [5.41, 5.74) is -0.443. The van der Waals surface area contributed by atoms with Crippen LogP contribution in [0.4, 0.5) is 4.79 Å². The molecule has 0 aromatic rings. The van der Waals surface area contributed by atoms with Gasteiger partial charge in [0.2, 0.25) is 5.91 Å². The van der Waals surface area contributed by atoms with E-state index >= 15 is 0 Å². The van der Waals surface area contributed by atoms with E-state index in [9.17, 15) is 9.59 Å². The summed E-state index contributed by atoms with van der Waals surface area (Å²) in [7, 11) is 0. The van der Waals surface area contributed by atoms with Crippen molar-refractivity contribution in [1.82, 2.24) is 10.2 Å². The molecule has 104 valence electrons. The van der Waals surface area contributed by atoms with Crippen molar-refractivity contribution in [3.05, 3.63) is 0 Å². The van der Waals surface area contributed by atoms with Gasteiger partial charge in [-0.25, -0.2) is 4.79 Å². The molecular weight excluding hydrogens is 232 g/mol. The average molecular weight is 256 g/mol. The molecule has 1 saturated heterocycles. The van der Waals surface area contributed by atoms with Gasteiger partial charge in [0.15, 0.2) is 0 Å². The lowest BCUT2D eigenvalue weighted by molar-refractivity contribution is -0.123. The summed E-state index contributed by atoms with van der Waals surface area (Å²) in [5.74, 6) is 0.0168. The Hall–Kier alpha value is -1.26. The number of amides is 2. The molecule has 18 heavy (non-hydrogen) atoms. The van der Waals surface area contributed by atoms with E-state index in [2.05, 4.69) is 5.32 Å². The number of cyclic esters (lactones) is 1. The highest BCUT2D eigenvalue weighted by Gasteiger charge is 2.36. The van der Waals surface area contributed by atoms with Gasteiger partial charge < -0.3 is 10.1 Å². The predicted octanol–water partition coefficient (Wildman–Crippen LogP) is 1.77. The fraction of sp³-hybridized carbons (Fsp3) is 0.846. The first-order valence-electron chi connectivity index (χ1n) is 6.33. The second kappa shape index (κ2) is 5.16. The van der Waals surface area contributed by atoms with Crippen molar-refractivity contribution in [2.75, 3.05) is 19.7 Å². The molecule has 0 atom stereocenters. The molecule has 0 saturated carbocycles. The van der Waals surface area contributed by atoms with Crippen molar-refractivity contribution in [2.45, 2.75) is 46.6 Å². The van der Waals surface area contributed by atoms with E-state index in [1.165, 1.54) is 0 Å². The Labute approximate surface area is 109 Å². The maximum atomic E-state index is 11.8. The van der Waals surface area contributed by atoms with Gasteiger partial charge in [-0.05, 0) is 19.3 Å². The van der Waals surface area contributed by atoms with E-state index in [-0.39, 0.29) is 17.4 Å². The van der Waals surface area contributed by atoms with Gasteiger partial charge in [-0.15, -0.1) is 0 Å². The molecule has 1 N–H and O–H groups in total. The summed E-state index contributed by atoms with van der Waals surface area (Å²) in [5, 5.41) is 2.89. The van der Waals surface area contributed by atoms with Crippen LogP contribution in [0.1, 0.15) is 41.0 Å². The quantitative estimate of drug-likeness (QED) is 0.834. The third kappa shape index (κ3) is 4.20. The third-order valence-electron chi connectivity index (χ3n) is 2.90. The van der Waals surface area contributed by atoms with Crippen molar-refractivity contribution in [2.24, 2.45) is 5.41 Å². The average Bonchev–Trinajstić information content (AvgIpc) is 2.60. The summed E-state index contributed by atoms with van der Waals surface area (Å²) in [4.78, 5) is 24.9. The lowest BCUT2D eigenvalue weighted by Gasteiger charge is -2.33. The molecule has 0 aromatic carbocycles. The summed E-state index contributed by atoms with van der Waals surface area (Å²) >= 11 is 0. The highest BCUT2D eigenvalue weighted by atomic mass is 16.6. The lowest BCUT2D eigenvalue weighted by Crippen LogP contribution is -2.52. The number of hydrogen-bond acceptors (Lipinski definition) is 3. The van der Waals surface area contributed by atoms with Gasteiger partial charge in [-0.2, -0.15) is 0 Å². The molecule has 0 aromatic heterocycles. The lowest BCUT2D eigenvalue weighted by atomic mass is 9.92. The highest BCUT2D eigenvalue weighted by molar-refractivity contribution is 5.77. The van der Waals surface area contributed by atoms with Crippen LogP contribution in [0.15, 0.2) is 0 Å². The van der Waals surface area contributed by atoms with E-state index in [1.54, 1.807) is 4.90 Å².